The first kappa shape index (κ1) is 12.7. The van der Waals surface area contributed by atoms with Crippen LogP contribution in [0.3, 0.4) is 0 Å². The van der Waals surface area contributed by atoms with Crippen LogP contribution in [0.5, 0.6) is 0 Å². The zero-order chi connectivity index (χ0) is 13.1. The molecule has 0 spiro atoms. The summed E-state index contributed by atoms with van der Waals surface area (Å²) in [6.07, 6.45) is 0.410. The average Bonchev–Trinajstić information content (AvgIpc) is 2.78. The molecule has 0 amide bonds. The first-order valence-corrected chi connectivity index (χ1v) is 6.37. The number of halogens is 1. The quantitative estimate of drug-likeness (QED) is 0.923. The second-order valence-electron chi connectivity index (χ2n) is 4.09. The molecule has 0 saturated carbocycles. The molecule has 94 valence electrons. The summed E-state index contributed by atoms with van der Waals surface area (Å²) >= 11 is 1.44. The van der Waals surface area contributed by atoms with Crippen molar-refractivity contribution in [1.82, 2.24) is 4.98 Å². The molecule has 1 unspecified atom stereocenters. The van der Waals surface area contributed by atoms with Gasteiger partial charge < -0.3 is 5.11 Å². The number of rotatable bonds is 4. The zero-order valence-corrected chi connectivity index (χ0v) is 10.6. The molecule has 5 heteroatoms. The van der Waals surface area contributed by atoms with Gasteiger partial charge in [-0.3, -0.25) is 4.79 Å². The van der Waals surface area contributed by atoms with E-state index in [4.69, 9.17) is 5.11 Å². The number of aliphatic carboxylic acids is 1. The summed E-state index contributed by atoms with van der Waals surface area (Å²) in [6.45, 7) is 1.65. The number of benzene rings is 1. The van der Waals surface area contributed by atoms with E-state index in [1.807, 2.05) is 5.38 Å². The van der Waals surface area contributed by atoms with E-state index in [1.54, 1.807) is 19.1 Å². The highest BCUT2D eigenvalue weighted by molar-refractivity contribution is 7.13. The minimum Gasteiger partial charge on any atom is -0.481 e. The Labute approximate surface area is 108 Å². The summed E-state index contributed by atoms with van der Waals surface area (Å²) in [5.41, 5.74) is 1.60. The minimum absolute atomic E-state index is 0.282. The van der Waals surface area contributed by atoms with Gasteiger partial charge in [-0.15, -0.1) is 11.3 Å². The van der Waals surface area contributed by atoms with Gasteiger partial charge in [-0.05, 0) is 24.3 Å². The largest absolute Gasteiger partial charge is 0.481 e. The van der Waals surface area contributed by atoms with Gasteiger partial charge in [0.25, 0.3) is 0 Å². The lowest BCUT2D eigenvalue weighted by molar-refractivity contribution is -0.141. The molecule has 1 aromatic carbocycles. The first-order valence-electron chi connectivity index (χ1n) is 5.49. The van der Waals surface area contributed by atoms with Crippen molar-refractivity contribution in [1.29, 1.82) is 0 Å². The third-order valence-electron chi connectivity index (χ3n) is 2.58. The molecule has 0 bridgehead atoms. The van der Waals surface area contributed by atoms with Gasteiger partial charge in [0.1, 0.15) is 10.8 Å². The van der Waals surface area contributed by atoms with Crippen LogP contribution in [0.15, 0.2) is 29.6 Å². The Bertz CT molecular complexity index is 550. The first-order chi connectivity index (χ1) is 8.56. The van der Waals surface area contributed by atoms with Crippen molar-refractivity contribution in [3.05, 3.63) is 41.2 Å². The van der Waals surface area contributed by atoms with Crippen LogP contribution >= 0.6 is 11.3 Å². The molecule has 1 heterocycles. The maximum absolute atomic E-state index is 12.8. The summed E-state index contributed by atoms with van der Waals surface area (Å²) in [6, 6.07) is 6.10. The molecule has 2 rings (SSSR count). The molecule has 0 aliphatic heterocycles. The van der Waals surface area contributed by atoms with Gasteiger partial charge in [0.15, 0.2) is 0 Å². The predicted molar refractivity (Wildman–Crippen MR) is 68.0 cm³/mol. The number of carbonyl (C=O) groups is 1. The van der Waals surface area contributed by atoms with E-state index in [2.05, 4.69) is 4.98 Å². The molecule has 3 nitrogen and oxygen atoms in total. The number of carboxylic acid groups (broad SMARTS) is 1. The predicted octanol–water partition coefficient (Wildman–Crippen LogP) is 3.21. The Morgan fingerprint density at radius 1 is 1.44 bits per heavy atom. The van der Waals surface area contributed by atoms with Gasteiger partial charge in [0.2, 0.25) is 0 Å². The summed E-state index contributed by atoms with van der Waals surface area (Å²) in [4.78, 5) is 15.1. The third-order valence-corrected chi connectivity index (χ3v) is 3.52. The molecule has 0 fully saturated rings. The highest BCUT2D eigenvalue weighted by atomic mass is 32.1. The summed E-state index contributed by atoms with van der Waals surface area (Å²) in [5.74, 6) is -1.56. The van der Waals surface area contributed by atoms with Crippen molar-refractivity contribution >= 4 is 17.3 Å². The lowest BCUT2D eigenvalue weighted by atomic mass is 10.1. The van der Waals surface area contributed by atoms with E-state index in [0.717, 1.165) is 16.3 Å². The van der Waals surface area contributed by atoms with Crippen molar-refractivity contribution in [3.63, 3.8) is 0 Å². The summed E-state index contributed by atoms with van der Waals surface area (Å²) < 4.78 is 12.8. The minimum atomic E-state index is -0.827. The van der Waals surface area contributed by atoms with E-state index >= 15 is 0 Å². The monoisotopic (exact) mass is 265 g/mol. The van der Waals surface area contributed by atoms with Crippen molar-refractivity contribution in [3.8, 4) is 10.6 Å². The maximum atomic E-state index is 12.8. The number of hydrogen-bond acceptors (Lipinski definition) is 3. The van der Waals surface area contributed by atoms with Crippen LogP contribution < -0.4 is 0 Å². The van der Waals surface area contributed by atoms with E-state index in [9.17, 15) is 9.18 Å². The molecule has 0 radical (unpaired) electrons. The lowest BCUT2D eigenvalue weighted by Gasteiger charge is -2.02. The van der Waals surface area contributed by atoms with E-state index < -0.39 is 11.9 Å². The number of carboxylic acids is 1. The van der Waals surface area contributed by atoms with Gasteiger partial charge in [0, 0.05) is 17.4 Å². The van der Waals surface area contributed by atoms with Crippen LogP contribution in [0, 0.1) is 11.7 Å². The Morgan fingerprint density at radius 2 is 2.11 bits per heavy atom. The fourth-order valence-corrected chi connectivity index (χ4v) is 2.37. The van der Waals surface area contributed by atoms with Crippen molar-refractivity contribution in [2.45, 2.75) is 13.3 Å². The zero-order valence-electron chi connectivity index (χ0n) is 9.76. The smallest absolute Gasteiger partial charge is 0.306 e. The summed E-state index contributed by atoms with van der Waals surface area (Å²) in [5, 5.41) is 11.5. The Hall–Kier alpha value is -1.75. The van der Waals surface area contributed by atoms with Gasteiger partial charge >= 0.3 is 5.97 Å². The maximum Gasteiger partial charge on any atom is 0.306 e. The molecule has 18 heavy (non-hydrogen) atoms. The van der Waals surface area contributed by atoms with E-state index in [0.29, 0.717) is 6.42 Å². The topological polar surface area (TPSA) is 50.2 Å². The third kappa shape index (κ3) is 2.92. The van der Waals surface area contributed by atoms with Crippen LogP contribution in [0.4, 0.5) is 4.39 Å². The SMILES string of the molecule is CC(Cc1csc(-c2ccc(F)cc2)n1)C(=O)O. The van der Waals surface area contributed by atoms with Crippen LogP contribution in [0.2, 0.25) is 0 Å². The summed E-state index contributed by atoms with van der Waals surface area (Å²) in [7, 11) is 0. The second-order valence-corrected chi connectivity index (χ2v) is 4.95. The molecular weight excluding hydrogens is 253 g/mol. The Morgan fingerprint density at radius 3 is 2.72 bits per heavy atom. The van der Waals surface area contributed by atoms with Crippen LogP contribution in [0.25, 0.3) is 10.6 Å². The van der Waals surface area contributed by atoms with Crippen LogP contribution in [0.1, 0.15) is 12.6 Å². The van der Waals surface area contributed by atoms with Gasteiger partial charge in [-0.25, -0.2) is 9.37 Å². The molecular formula is C13H12FNO2S. The average molecular weight is 265 g/mol. The Kier molecular flexibility index (Phi) is 3.72. The molecule has 1 aromatic heterocycles. The molecule has 0 saturated heterocycles. The molecule has 0 aliphatic carbocycles. The van der Waals surface area contributed by atoms with Crippen LogP contribution in [-0.2, 0) is 11.2 Å². The molecule has 1 atom stereocenters. The number of thiazole rings is 1. The second kappa shape index (κ2) is 5.27. The van der Waals surface area contributed by atoms with Crippen molar-refractivity contribution in [2.75, 3.05) is 0 Å². The lowest BCUT2D eigenvalue weighted by Crippen LogP contribution is -2.12. The molecule has 2 aromatic rings. The van der Waals surface area contributed by atoms with Gasteiger partial charge in [0.05, 0.1) is 11.6 Å². The number of hydrogen-bond donors (Lipinski definition) is 1. The van der Waals surface area contributed by atoms with Crippen molar-refractivity contribution < 1.29 is 14.3 Å². The normalized spacial score (nSPS) is 12.3. The standard InChI is InChI=1S/C13H12FNO2S/c1-8(13(16)17)6-11-7-18-12(15-11)9-2-4-10(14)5-3-9/h2-5,7-8H,6H2,1H3,(H,16,17). The molecule has 1 N–H and O–H groups in total. The highest BCUT2D eigenvalue weighted by Gasteiger charge is 2.14. The van der Waals surface area contributed by atoms with E-state index in [-0.39, 0.29) is 5.82 Å². The van der Waals surface area contributed by atoms with Crippen molar-refractivity contribution in [2.24, 2.45) is 5.92 Å². The fraction of sp³-hybridized carbons (Fsp3) is 0.231. The van der Waals surface area contributed by atoms with Gasteiger partial charge in [-0.1, -0.05) is 6.92 Å². The Balaban J connectivity index is 2.15. The van der Waals surface area contributed by atoms with Gasteiger partial charge in [-0.2, -0.15) is 0 Å². The highest BCUT2D eigenvalue weighted by Crippen LogP contribution is 2.24. The van der Waals surface area contributed by atoms with E-state index in [1.165, 1.54) is 23.5 Å². The fourth-order valence-electron chi connectivity index (χ4n) is 1.53. The number of nitrogens with zero attached hydrogens (tertiary/aromatic N) is 1. The molecule has 0 aliphatic rings. The van der Waals surface area contributed by atoms with Crippen LogP contribution in [-0.4, -0.2) is 16.1 Å². The number of aromatic nitrogens is 1.